The third-order valence-electron chi connectivity index (χ3n) is 3.14. The maximum atomic E-state index is 8.92. The Morgan fingerprint density at radius 1 is 1.35 bits per heavy atom. The molecule has 3 nitrogen and oxygen atoms in total. The lowest BCUT2D eigenvalue weighted by atomic mass is 9.99. The first-order chi connectivity index (χ1) is 8.40. The normalized spacial score (nSPS) is 23.7. The van der Waals surface area contributed by atoms with Gasteiger partial charge in [0.15, 0.2) is 0 Å². The van der Waals surface area contributed by atoms with Gasteiger partial charge in [-0.3, -0.25) is 0 Å². The molecule has 2 unspecified atom stereocenters. The van der Waals surface area contributed by atoms with E-state index in [4.69, 9.17) is 10.1 Å². The van der Waals surface area contributed by atoms with Gasteiger partial charge in [-0.05, 0) is 18.4 Å². The molecule has 0 N–H and O–H groups in total. The molecule has 88 valence electrons. The van der Waals surface area contributed by atoms with Crippen molar-refractivity contribution in [3.63, 3.8) is 0 Å². The molecule has 1 saturated carbocycles. The number of hydrogen-bond acceptors (Lipinski definition) is 3. The van der Waals surface area contributed by atoms with Crippen LogP contribution in [-0.2, 0) is 11.4 Å². The second-order valence-corrected chi connectivity index (χ2v) is 4.34. The minimum Gasteiger partial charge on any atom is -0.391 e. The summed E-state index contributed by atoms with van der Waals surface area (Å²) in [6.07, 6.45) is 4.96. The molecule has 1 aliphatic carbocycles. The molecule has 1 aromatic carbocycles. The first kappa shape index (κ1) is 11.7. The van der Waals surface area contributed by atoms with Crippen LogP contribution in [0.1, 0.15) is 24.8 Å². The van der Waals surface area contributed by atoms with Crippen LogP contribution in [0.2, 0.25) is 0 Å². The molecule has 2 rings (SSSR count). The molecule has 0 aromatic heterocycles. The lowest BCUT2D eigenvalue weighted by Crippen LogP contribution is -2.06. The van der Waals surface area contributed by atoms with Crippen LogP contribution in [0.3, 0.4) is 0 Å². The van der Waals surface area contributed by atoms with Crippen molar-refractivity contribution in [1.29, 1.82) is 5.26 Å². The van der Waals surface area contributed by atoms with Crippen LogP contribution >= 0.6 is 0 Å². The molecule has 0 spiro atoms. The van der Waals surface area contributed by atoms with Crippen molar-refractivity contribution in [2.75, 3.05) is 0 Å². The highest BCUT2D eigenvalue weighted by atomic mass is 16.6. The number of benzene rings is 1. The minimum atomic E-state index is 0.124. The molecule has 1 aliphatic rings. The van der Waals surface area contributed by atoms with Gasteiger partial charge >= 0.3 is 0 Å². The van der Waals surface area contributed by atoms with Crippen molar-refractivity contribution < 1.29 is 4.84 Å². The molecular formula is C14H16N2O. The average molecular weight is 228 g/mol. The monoisotopic (exact) mass is 228 g/mol. The van der Waals surface area contributed by atoms with E-state index in [2.05, 4.69) is 11.2 Å². The van der Waals surface area contributed by atoms with Crippen LogP contribution in [-0.4, -0.2) is 6.21 Å². The van der Waals surface area contributed by atoms with Gasteiger partial charge in [0.25, 0.3) is 0 Å². The Bertz CT molecular complexity index is 408. The Kier molecular flexibility index (Phi) is 4.15. The number of hydrogen-bond donors (Lipinski definition) is 0. The van der Waals surface area contributed by atoms with Gasteiger partial charge in [-0.1, -0.05) is 41.9 Å². The van der Waals surface area contributed by atoms with E-state index in [0.29, 0.717) is 6.61 Å². The maximum Gasteiger partial charge on any atom is 0.142 e. The summed E-state index contributed by atoms with van der Waals surface area (Å²) in [4.78, 5) is 5.23. The Morgan fingerprint density at radius 3 is 2.94 bits per heavy atom. The third-order valence-corrected chi connectivity index (χ3v) is 3.14. The van der Waals surface area contributed by atoms with Crippen LogP contribution in [0.5, 0.6) is 0 Å². The molecular weight excluding hydrogens is 212 g/mol. The largest absolute Gasteiger partial charge is 0.391 e. The van der Waals surface area contributed by atoms with Gasteiger partial charge in [-0.15, -0.1) is 0 Å². The van der Waals surface area contributed by atoms with E-state index in [9.17, 15) is 0 Å². The van der Waals surface area contributed by atoms with Crippen LogP contribution in [0.15, 0.2) is 35.5 Å². The molecule has 0 radical (unpaired) electrons. The third kappa shape index (κ3) is 3.32. The smallest absolute Gasteiger partial charge is 0.142 e. The van der Waals surface area contributed by atoms with Gasteiger partial charge in [0.1, 0.15) is 6.61 Å². The Morgan fingerprint density at radius 2 is 2.18 bits per heavy atom. The number of nitrogens with zero attached hydrogens (tertiary/aromatic N) is 2. The molecule has 0 saturated heterocycles. The zero-order valence-electron chi connectivity index (χ0n) is 9.75. The van der Waals surface area contributed by atoms with Crippen LogP contribution in [0, 0.1) is 23.2 Å². The van der Waals surface area contributed by atoms with Gasteiger partial charge in [-0.25, -0.2) is 0 Å². The summed E-state index contributed by atoms with van der Waals surface area (Å²) in [5.41, 5.74) is 1.10. The molecule has 3 heteroatoms. The molecule has 1 fully saturated rings. The van der Waals surface area contributed by atoms with E-state index in [1.54, 1.807) is 6.21 Å². The van der Waals surface area contributed by atoms with Gasteiger partial charge in [0, 0.05) is 12.1 Å². The van der Waals surface area contributed by atoms with E-state index < -0.39 is 0 Å². The molecule has 0 bridgehead atoms. The lowest BCUT2D eigenvalue weighted by molar-refractivity contribution is 0.130. The highest BCUT2D eigenvalue weighted by molar-refractivity contribution is 5.61. The summed E-state index contributed by atoms with van der Waals surface area (Å²) in [5, 5.41) is 12.9. The Hall–Kier alpha value is -1.82. The van der Waals surface area contributed by atoms with Crippen molar-refractivity contribution in [2.45, 2.75) is 25.9 Å². The van der Waals surface area contributed by atoms with Crippen molar-refractivity contribution in [3.05, 3.63) is 35.9 Å². The van der Waals surface area contributed by atoms with Gasteiger partial charge in [0.05, 0.1) is 12.0 Å². The molecule has 0 amide bonds. The Labute approximate surface area is 102 Å². The fraction of sp³-hybridized carbons (Fsp3) is 0.429. The minimum absolute atomic E-state index is 0.124. The quantitative estimate of drug-likeness (QED) is 0.587. The summed E-state index contributed by atoms with van der Waals surface area (Å²) in [7, 11) is 0. The predicted octanol–water partition coefficient (Wildman–Crippen LogP) is 3.13. The number of rotatable bonds is 4. The van der Waals surface area contributed by atoms with Crippen molar-refractivity contribution in [2.24, 2.45) is 17.0 Å². The lowest BCUT2D eigenvalue weighted by Gasteiger charge is -2.05. The molecule has 2 atom stereocenters. The van der Waals surface area contributed by atoms with Crippen LogP contribution < -0.4 is 0 Å². The molecule has 0 heterocycles. The second kappa shape index (κ2) is 6.05. The van der Waals surface area contributed by atoms with Gasteiger partial charge in [0.2, 0.25) is 0 Å². The predicted molar refractivity (Wildman–Crippen MR) is 66.2 cm³/mol. The van der Waals surface area contributed by atoms with Crippen molar-refractivity contribution in [3.8, 4) is 6.07 Å². The topological polar surface area (TPSA) is 45.4 Å². The zero-order valence-corrected chi connectivity index (χ0v) is 9.75. The Balaban J connectivity index is 1.77. The summed E-state index contributed by atoms with van der Waals surface area (Å²) >= 11 is 0. The van der Waals surface area contributed by atoms with E-state index in [0.717, 1.165) is 24.8 Å². The number of nitriles is 1. The zero-order chi connectivity index (χ0) is 11.9. The van der Waals surface area contributed by atoms with E-state index in [1.807, 2.05) is 30.3 Å². The van der Waals surface area contributed by atoms with Crippen molar-refractivity contribution in [1.82, 2.24) is 0 Å². The first-order valence-corrected chi connectivity index (χ1v) is 5.99. The molecule has 1 aromatic rings. The second-order valence-electron chi connectivity index (χ2n) is 4.34. The maximum absolute atomic E-state index is 8.92. The first-order valence-electron chi connectivity index (χ1n) is 5.99. The van der Waals surface area contributed by atoms with E-state index in [-0.39, 0.29) is 11.8 Å². The summed E-state index contributed by atoms with van der Waals surface area (Å²) in [6.45, 7) is 0.487. The standard InChI is InChI=1S/C14H16N2O/c15-9-13-7-4-8-14(13)10-16-17-11-12-5-2-1-3-6-12/h1-3,5-6,10,13-14H,4,7-8,11H2/b16-10+. The highest BCUT2D eigenvalue weighted by Crippen LogP contribution is 2.29. The van der Waals surface area contributed by atoms with Crippen LogP contribution in [0.25, 0.3) is 0 Å². The fourth-order valence-electron chi connectivity index (χ4n) is 2.13. The van der Waals surface area contributed by atoms with E-state index >= 15 is 0 Å². The molecule has 0 aliphatic heterocycles. The summed E-state index contributed by atoms with van der Waals surface area (Å²) < 4.78 is 0. The van der Waals surface area contributed by atoms with Gasteiger partial charge in [-0.2, -0.15) is 5.26 Å². The summed E-state index contributed by atoms with van der Waals surface area (Å²) in [6, 6.07) is 12.3. The fourth-order valence-corrected chi connectivity index (χ4v) is 2.13. The number of oxime groups is 1. The van der Waals surface area contributed by atoms with Gasteiger partial charge < -0.3 is 4.84 Å². The SMILES string of the molecule is N#CC1CCCC1/C=N/OCc1ccccc1. The summed E-state index contributed by atoms with van der Waals surface area (Å²) in [5.74, 6) is 0.398. The van der Waals surface area contributed by atoms with Crippen molar-refractivity contribution >= 4 is 6.21 Å². The van der Waals surface area contributed by atoms with Crippen LogP contribution in [0.4, 0.5) is 0 Å². The molecule has 17 heavy (non-hydrogen) atoms. The van der Waals surface area contributed by atoms with E-state index in [1.165, 1.54) is 0 Å². The average Bonchev–Trinajstić information content (AvgIpc) is 2.83. The highest BCUT2D eigenvalue weighted by Gasteiger charge is 2.25.